The Hall–Kier alpha value is -2.60. The number of anilines is 1. The Kier molecular flexibility index (Phi) is 5.28. The summed E-state index contributed by atoms with van der Waals surface area (Å²) >= 11 is 1.59. The van der Waals surface area contributed by atoms with Gasteiger partial charge in [-0.05, 0) is 47.0 Å². The zero-order valence-corrected chi connectivity index (χ0v) is 13.9. The number of rotatable bonds is 6. The average Bonchev–Trinajstić information content (AvgIpc) is 3.12. The maximum Gasteiger partial charge on any atom is 0.265 e. The number of nitrogens with zero attached hydrogens (tertiary/aromatic N) is 1. The van der Waals surface area contributed by atoms with Gasteiger partial charge in [0.25, 0.3) is 5.91 Å². The molecular weight excluding hydrogens is 324 g/mol. The minimum atomic E-state index is -0.130. The van der Waals surface area contributed by atoms with Crippen molar-refractivity contribution in [2.24, 2.45) is 0 Å². The normalized spacial score (nSPS) is 13.7. The molecule has 0 bridgehead atoms. The Bertz CT molecular complexity index is 740. The second-order valence-corrected chi connectivity index (χ2v) is 6.12. The molecule has 124 valence electrons. The first-order chi connectivity index (χ1) is 11.7. The molecule has 0 saturated heterocycles. The molecule has 1 aromatic heterocycles. The number of fused-ring (bicyclic) bond motifs is 1. The lowest BCUT2D eigenvalue weighted by molar-refractivity contribution is -0.121. The minimum absolute atomic E-state index is 0.0580. The Balaban J connectivity index is 1.46. The third-order valence-electron chi connectivity index (χ3n) is 3.64. The average molecular weight is 342 g/mol. The second-order valence-electron chi connectivity index (χ2n) is 5.34. The van der Waals surface area contributed by atoms with E-state index in [-0.39, 0.29) is 18.4 Å². The lowest BCUT2D eigenvalue weighted by Gasteiger charge is -2.29. The highest BCUT2D eigenvalue weighted by Gasteiger charge is 2.24. The first-order valence-corrected chi connectivity index (χ1v) is 8.68. The molecule has 3 rings (SSSR count). The highest BCUT2D eigenvalue weighted by Crippen LogP contribution is 2.31. The first kappa shape index (κ1) is 16.3. The quantitative estimate of drug-likeness (QED) is 0.649. The van der Waals surface area contributed by atoms with Gasteiger partial charge in [0, 0.05) is 19.2 Å². The zero-order valence-electron chi connectivity index (χ0n) is 13.1. The fraction of sp³-hybridized carbons (Fsp3) is 0.222. The first-order valence-electron chi connectivity index (χ1n) is 7.74. The van der Waals surface area contributed by atoms with Gasteiger partial charge >= 0.3 is 0 Å². The van der Waals surface area contributed by atoms with Gasteiger partial charge < -0.3 is 15.0 Å². The number of thiophene rings is 1. The molecule has 2 aromatic rings. The van der Waals surface area contributed by atoms with Crippen molar-refractivity contribution >= 4 is 34.9 Å². The third kappa shape index (κ3) is 4.02. The summed E-state index contributed by atoms with van der Waals surface area (Å²) < 4.78 is 5.41. The van der Waals surface area contributed by atoms with Gasteiger partial charge in [0.2, 0.25) is 5.91 Å². The number of hydrogen-bond acceptors (Lipinski definition) is 4. The Labute approximate surface area is 144 Å². The third-order valence-corrected chi connectivity index (χ3v) is 4.34. The number of para-hydroxylation sites is 2. The van der Waals surface area contributed by atoms with Crippen LogP contribution in [0.1, 0.15) is 12.0 Å². The highest BCUT2D eigenvalue weighted by molar-refractivity contribution is 7.08. The lowest BCUT2D eigenvalue weighted by atomic mass is 10.2. The van der Waals surface area contributed by atoms with Gasteiger partial charge in [0.1, 0.15) is 5.75 Å². The van der Waals surface area contributed by atoms with Gasteiger partial charge in [-0.2, -0.15) is 11.3 Å². The molecule has 24 heavy (non-hydrogen) atoms. The topological polar surface area (TPSA) is 58.6 Å². The monoisotopic (exact) mass is 342 g/mol. The summed E-state index contributed by atoms with van der Waals surface area (Å²) in [7, 11) is 0. The van der Waals surface area contributed by atoms with Crippen molar-refractivity contribution in [1.29, 1.82) is 0 Å². The molecule has 0 aliphatic carbocycles. The predicted molar refractivity (Wildman–Crippen MR) is 95.3 cm³/mol. The lowest BCUT2D eigenvalue weighted by Crippen LogP contribution is -2.40. The van der Waals surface area contributed by atoms with Crippen LogP contribution in [-0.4, -0.2) is 31.5 Å². The van der Waals surface area contributed by atoms with Crippen LogP contribution < -0.4 is 15.0 Å². The molecule has 0 spiro atoms. The molecule has 0 unspecified atom stereocenters. The van der Waals surface area contributed by atoms with E-state index in [1.54, 1.807) is 22.3 Å². The summed E-state index contributed by atoms with van der Waals surface area (Å²) in [5.74, 6) is 0.534. The van der Waals surface area contributed by atoms with Crippen LogP contribution in [0.25, 0.3) is 6.08 Å². The van der Waals surface area contributed by atoms with Crippen LogP contribution >= 0.6 is 11.3 Å². The summed E-state index contributed by atoms with van der Waals surface area (Å²) in [6.07, 6.45) is 3.99. The van der Waals surface area contributed by atoms with Gasteiger partial charge in [0.05, 0.1) is 5.69 Å². The van der Waals surface area contributed by atoms with Crippen LogP contribution in [0.4, 0.5) is 5.69 Å². The molecule has 2 amide bonds. The Morgan fingerprint density at radius 3 is 3.04 bits per heavy atom. The summed E-state index contributed by atoms with van der Waals surface area (Å²) in [4.78, 5) is 25.5. The smallest absolute Gasteiger partial charge is 0.265 e. The number of benzene rings is 1. The van der Waals surface area contributed by atoms with Crippen molar-refractivity contribution < 1.29 is 14.3 Å². The van der Waals surface area contributed by atoms with Crippen LogP contribution in [0.15, 0.2) is 47.2 Å². The van der Waals surface area contributed by atoms with E-state index in [2.05, 4.69) is 5.32 Å². The highest BCUT2D eigenvalue weighted by atomic mass is 32.1. The van der Waals surface area contributed by atoms with Crippen LogP contribution in [0.2, 0.25) is 0 Å². The van der Waals surface area contributed by atoms with E-state index in [0.29, 0.717) is 19.5 Å². The molecule has 1 aliphatic heterocycles. The number of nitrogens with one attached hydrogen (secondary N) is 1. The Morgan fingerprint density at radius 1 is 1.33 bits per heavy atom. The molecule has 6 heteroatoms. The molecule has 0 saturated carbocycles. The van der Waals surface area contributed by atoms with Crippen LogP contribution in [0.3, 0.4) is 0 Å². The Morgan fingerprint density at radius 2 is 2.21 bits per heavy atom. The van der Waals surface area contributed by atoms with Crippen molar-refractivity contribution in [2.75, 3.05) is 24.6 Å². The van der Waals surface area contributed by atoms with Gasteiger partial charge in [-0.3, -0.25) is 9.59 Å². The van der Waals surface area contributed by atoms with Gasteiger partial charge in [-0.15, -0.1) is 0 Å². The van der Waals surface area contributed by atoms with Crippen LogP contribution in [0, 0.1) is 0 Å². The van der Waals surface area contributed by atoms with Crippen molar-refractivity contribution in [1.82, 2.24) is 5.32 Å². The largest absolute Gasteiger partial charge is 0.482 e. The van der Waals surface area contributed by atoms with Gasteiger partial charge in [-0.25, -0.2) is 0 Å². The predicted octanol–water partition coefficient (Wildman–Crippen LogP) is 2.69. The molecule has 1 aromatic carbocycles. The fourth-order valence-corrected chi connectivity index (χ4v) is 3.08. The summed E-state index contributed by atoms with van der Waals surface area (Å²) in [5, 5.41) is 6.78. The molecule has 5 nitrogen and oxygen atoms in total. The van der Waals surface area contributed by atoms with Crippen molar-refractivity contribution in [2.45, 2.75) is 6.42 Å². The fourth-order valence-electron chi connectivity index (χ4n) is 2.45. The van der Waals surface area contributed by atoms with E-state index in [1.807, 2.05) is 41.1 Å². The summed E-state index contributed by atoms with van der Waals surface area (Å²) in [5.41, 5.74) is 1.81. The van der Waals surface area contributed by atoms with Gasteiger partial charge in [0.15, 0.2) is 6.61 Å². The maximum absolute atomic E-state index is 12.0. The molecule has 0 atom stereocenters. The standard InChI is InChI=1S/C18H18N2O3S/c21-17(7-6-14-8-11-24-13-14)19-9-3-10-20-15-4-1-2-5-16(15)23-12-18(20)22/h1-2,4-8,11,13H,3,9-10,12H2,(H,19,21). The van der Waals surface area contributed by atoms with E-state index in [9.17, 15) is 9.59 Å². The molecular formula is C18H18N2O3S. The minimum Gasteiger partial charge on any atom is -0.482 e. The van der Waals surface area contributed by atoms with Crippen molar-refractivity contribution in [3.8, 4) is 5.75 Å². The SMILES string of the molecule is O=C(C=Cc1ccsc1)NCCCN1C(=O)COc2ccccc21. The second kappa shape index (κ2) is 7.79. The maximum atomic E-state index is 12.0. The van der Waals surface area contributed by atoms with Gasteiger partial charge in [-0.1, -0.05) is 12.1 Å². The molecule has 0 fully saturated rings. The van der Waals surface area contributed by atoms with E-state index < -0.39 is 0 Å². The molecule has 1 aliphatic rings. The van der Waals surface area contributed by atoms with E-state index in [1.165, 1.54) is 6.08 Å². The number of hydrogen-bond donors (Lipinski definition) is 1. The van der Waals surface area contributed by atoms with E-state index in [0.717, 1.165) is 17.0 Å². The number of amides is 2. The number of ether oxygens (including phenoxy) is 1. The van der Waals surface area contributed by atoms with Crippen LogP contribution in [0.5, 0.6) is 5.75 Å². The van der Waals surface area contributed by atoms with Crippen molar-refractivity contribution in [3.63, 3.8) is 0 Å². The number of carbonyl (C=O) groups excluding carboxylic acids is 2. The van der Waals surface area contributed by atoms with Crippen molar-refractivity contribution in [3.05, 3.63) is 52.7 Å². The summed E-state index contributed by atoms with van der Waals surface area (Å²) in [6.45, 7) is 1.13. The molecule has 0 radical (unpaired) electrons. The zero-order chi connectivity index (χ0) is 16.8. The van der Waals surface area contributed by atoms with E-state index >= 15 is 0 Å². The molecule has 1 N–H and O–H groups in total. The number of carbonyl (C=O) groups is 2. The molecule has 2 heterocycles. The summed E-state index contributed by atoms with van der Waals surface area (Å²) in [6, 6.07) is 9.44. The van der Waals surface area contributed by atoms with Crippen LogP contribution in [-0.2, 0) is 9.59 Å². The van der Waals surface area contributed by atoms with E-state index in [4.69, 9.17) is 4.74 Å².